The van der Waals surface area contributed by atoms with Crippen molar-refractivity contribution in [3.05, 3.63) is 59.7 Å². The van der Waals surface area contributed by atoms with E-state index >= 15 is 0 Å². The molecule has 90 valence electrons. The summed E-state index contributed by atoms with van der Waals surface area (Å²) in [4.78, 5) is 0. The van der Waals surface area contributed by atoms with Crippen molar-refractivity contribution in [3.8, 4) is 11.5 Å². The van der Waals surface area contributed by atoms with Gasteiger partial charge >= 0.3 is 0 Å². The highest BCUT2D eigenvalue weighted by Crippen LogP contribution is 2.42. The molecule has 0 N–H and O–H groups in total. The zero-order valence-corrected chi connectivity index (χ0v) is 9.71. The monoisotopic (exact) mass is 240 g/mol. The Morgan fingerprint density at radius 2 is 1.50 bits per heavy atom. The van der Waals surface area contributed by atoms with Crippen molar-refractivity contribution in [1.29, 1.82) is 0 Å². The summed E-state index contributed by atoms with van der Waals surface area (Å²) in [5.74, 6) is 1.57. The average Bonchev–Trinajstić information content (AvgIpc) is 3.02. The van der Waals surface area contributed by atoms with Crippen molar-refractivity contribution in [3.63, 3.8) is 0 Å². The van der Waals surface area contributed by atoms with Crippen molar-refractivity contribution in [2.75, 3.05) is 0 Å². The van der Waals surface area contributed by atoms with Gasteiger partial charge in [-0.15, -0.1) is 0 Å². The lowest BCUT2D eigenvalue weighted by atomic mass is 10.1. The van der Waals surface area contributed by atoms with Crippen molar-refractivity contribution in [1.82, 2.24) is 0 Å². The molecule has 2 aromatic carbocycles. The summed E-state index contributed by atoms with van der Waals surface area (Å²) in [7, 11) is 0. The van der Waals surface area contributed by atoms with Gasteiger partial charge in [-0.2, -0.15) is 0 Å². The van der Waals surface area contributed by atoms with E-state index in [0.29, 0.717) is 6.61 Å². The topological polar surface area (TPSA) is 27.7 Å². The van der Waals surface area contributed by atoms with Gasteiger partial charge in [0.1, 0.15) is 0 Å². The molecule has 2 aliphatic heterocycles. The Morgan fingerprint density at radius 3 is 2.28 bits per heavy atom. The van der Waals surface area contributed by atoms with Crippen LogP contribution in [0.15, 0.2) is 48.5 Å². The third-order valence-electron chi connectivity index (χ3n) is 3.36. The van der Waals surface area contributed by atoms with E-state index in [0.717, 1.165) is 17.1 Å². The smallest absolute Gasteiger partial charge is 0.271 e. The predicted octanol–water partition coefficient (Wildman–Crippen LogP) is 3.06. The summed E-state index contributed by atoms with van der Waals surface area (Å²) in [5, 5.41) is 0. The zero-order valence-electron chi connectivity index (χ0n) is 9.71. The molecule has 3 nitrogen and oxygen atoms in total. The maximum atomic E-state index is 5.80. The lowest BCUT2D eigenvalue weighted by Crippen LogP contribution is -2.26. The molecule has 0 saturated heterocycles. The molecule has 1 atom stereocenters. The fourth-order valence-electron chi connectivity index (χ4n) is 2.48. The van der Waals surface area contributed by atoms with E-state index in [1.165, 1.54) is 5.56 Å². The third-order valence-corrected chi connectivity index (χ3v) is 3.36. The van der Waals surface area contributed by atoms with E-state index in [1.54, 1.807) is 0 Å². The van der Waals surface area contributed by atoms with Crippen LogP contribution in [-0.4, -0.2) is 6.29 Å². The molecule has 2 aliphatic rings. The number of benzene rings is 2. The van der Waals surface area contributed by atoms with E-state index in [1.807, 2.05) is 36.4 Å². The van der Waals surface area contributed by atoms with Gasteiger partial charge < -0.3 is 14.2 Å². The highest BCUT2D eigenvalue weighted by Gasteiger charge is 2.37. The van der Waals surface area contributed by atoms with E-state index in [2.05, 4.69) is 12.1 Å². The number of para-hydroxylation sites is 2. The number of hydrogen-bond acceptors (Lipinski definition) is 3. The largest absolute Gasteiger partial charge is 0.448 e. The number of rotatable bonds is 1. The summed E-state index contributed by atoms with van der Waals surface area (Å²) in [6, 6.07) is 15.9. The van der Waals surface area contributed by atoms with Crippen LogP contribution in [0.25, 0.3) is 0 Å². The molecule has 0 amide bonds. The van der Waals surface area contributed by atoms with Gasteiger partial charge in [0.2, 0.25) is 0 Å². The average molecular weight is 240 g/mol. The second kappa shape index (κ2) is 3.75. The van der Waals surface area contributed by atoms with Crippen molar-refractivity contribution >= 4 is 0 Å². The normalized spacial score (nSPS) is 21.0. The summed E-state index contributed by atoms with van der Waals surface area (Å²) in [6.45, 7) is 0.625. The SMILES string of the molecule is c1ccc2c(c1)COC2C1Oc2ccccc2O1. The van der Waals surface area contributed by atoms with Crippen molar-refractivity contribution in [2.45, 2.75) is 19.0 Å². The highest BCUT2D eigenvalue weighted by atomic mass is 16.7. The minimum Gasteiger partial charge on any atom is -0.448 e. The number of hydrogen-bond donors (Lipinski definition) is 0. The Morgan fingerprint density at radius 1 is 0.833 bits per heavy atom. The molecular weight excluding hydrogens is 228 g/mol. The van der Waals surface area contributed by atoms with Crippen LogP contribution < -0.4 is 9.47 Å². The van der Waals surface area contributed by atoms with Crippen molar-refractivity contribution < 1.29 is 14.2 Å². The fourth-order valence-corrected chi connectivity index (χ4v) is 2.48. The Balaban J connectivity index is 1.65. The van der Waals surface area contributed by atoms with Gasteiger partial charge in [-0.3, -0.25) is 0 Å². The van der Waals surface area contributed by atoms with Crippen LogP contribution in [0.4, 0.5) is 0 Å². The highest BCUT2D eigenvalue weighted by molar-refractivity contribution is 5.43. The molecule has 3 heteroatoms. The number of fused-ring (bicyclic) bond motifs is 2. The first kappa shape index (κ1) is 9.97. The minimum atomic E-state index is -0.383. The van der Waals surface area contributed by atoms with E-state index in [4.69, 9.17) is 14.2 Å². The van der Waals surface area contributed by atoms with Crippen LogP contribution in [0.5, 0.6) is 11.5 Å². The maximum absolute atomic E-state index is 5.80. The molecule has 0 aliphatic carbocycles. The van der Waals surface area contributed by atoms with Crippen molar-refractivity contribution in [2.24, 2.45) is 0 Å². The minimum absolute atomic E-state index is 0.145. The summed E-state index contributed by atoms with van der Waals surface area (Å²) >= 11 is 0. The van der Waals surface area contributed by atoms with Crippen LogP contribution in [0, 0.1) is 0 Å². The second-order valence-corrected chi connectivity index (χ2v) is 4.48. The molecular formula is C15H12O3. The second-order valence-electron chi connectivity index (χ2n) is 4.48. The van der Waals surface area contributed by atoms with Gasteiger partial charge in [-0.05, 0) is 23.3 Å². The molecule has 4 rings (SSSR count). The van der Waals surface area contributed by atoms with Crippen LogP contribution in [0.1, 0.15) is 17.2 Å². The van der Waals surface area contributed by atoms with E-state index in [-0.39, 0.29) is 12.4 Å². The summed E-state index contributed by atoms with van der Waals surface area (Å²) in [6.07, 6.45) is -0.528. The summed E-state index contributed by atoms with van der Waals surface area (Å²) in [5.41, 5.74) is 2.38. The molecule has 0 radical (unpaired) electrons. The lowest BCUT2D eigenvalue weighted by molar-refractivity contribution is -0.0896. The quantitative estimate of drug-likeness (QED) is 0.766. The Labute approximate surface area is 105 Å². The molecule has 0 fully saturated rings. The van der Waals surface area contributed by atoms with Gasteiger partial charge in [0, 0.05) is 0 Å². The fraction of sp³-hybridized carbons (Fsp3) is 0.200. The molecule has 2 heterocycles. The van der Waals surface area contributed by atoms with Crippen LogP contribution in [0.3, 0.4) is 0 Å². The predicted molar refractivity (Wildman–Crippen MR) is 65.5 cm³/mol. The van der Waals surface area contributed by atoms with Gasteiger partial charge in [-0.25, -0.2) is 0 Å². The molecule has 1 unspecified atom stereocenters. The van der Waals surface area contributed by atoms with Crippen LogP contribution >= 0.6 is 0 Å². The van der Waals surface area contributed by atoms with Gasteiger partial charge in [-0.1, -0.05) is 36.4 Å². The molecule has 0 aromatic heterocycles. The Kier molecular flexibility index (Phi) is 2.08. The van der Waals surface area contributed by atoms with Gasteiger partial charge in [0.15, 0.2) is 17.6 Å². The third kappa shape index (κ3) is 1.41. The van der Waals surface area contributed by atoms with Gasteiger partial charge in [0.25, 0.3) is 6.29 Å². The first-order valence-corrected chi connectivity index (χ1v) is 6.03. The zero-order chi connectivity index (χ0) is 11.9. The standard InChI is InChI=1S/C15H12O3/c1-2-6-11-10(5-1)9-16-14(11)15-17-12-7-3-4-8-13(12)18-15/h1-8,14-15H,9H2. The Hall–Kier alpha value is -2.00. The molecule has 18 heavy (non-hydrogen) atoms. The first-order chi connectivity index (χ1) is 8.92. The molecule has 0 spiro atoms. The maximum Gasteiger partial charge on any atom is 0.271 e. The molecule has 2 aromatic rings. The lowest BCUT2D eigenvalue weighted by Gasteiger charge is -2.17. The van der Waals surface area contributed by atoms with Crippen LogP contribution in [-0.2, 0) is 11.3 Å². The van der Waals surface area contributed by atoms with Gasteiger partial charge in [0.05, 0.1) is 6.61 Å². The molecule has 0 bridgehead atoms. The Bertz CT molecular complexity index is 569. The molecule has 0 saturated carbocycles. The first-order valence-electron chi connectivity index (χ1n) is 6.03. The number of ether oxygens (including phenoxy) is 3. The van der Waals surface area contributed by atoms with E-state index in [9.17, 15) is 0 Å². The summed E-state index contributed by atoms with van der Waals surface area (Å²) < 4.78 is 17.4. The van der Waals surface area contributed by atoms with E-state index < -0.39 is 0 Å². The van der Waals surface area contributed by atoms with Crippen LogP contribution in [0.2, 0.25) is 0 Å².